The zero-order valence-electron chi connectivity index (χ0n) is 21.4. The smallest absolute Gasteiger partial charge is 0.150 e. The molecule has 0 bridgehead atoms. The van der Waals surface area contributed by atoms with Crippen LogP contribution in [0.3, 0.4) is 0 Å². The Balaban J connectivity index is 0.000000203. The van der Waals surface area contributed by atoms with Crippen molar-refractivity contribution < 1.29 is 4.79 Å². The van der Waals surface area contributed by atoms with Crippen LogP contribution in [0.4, 0.5) is 11.4 Å². The average Bonchev–Trinajstić information content (AvgIpc) is 2.90. The predicted molar refractivity (Wildman–Crippen MR) is 151 cm³/mol. The fourth-order valence-corrected chi connectivity index (χ4v) is 3.17. The number of aryl methyl sites for hydroxylation is 4. The molecule has 0 radical (unpaired) electrons. The molecule has 0 unspecified atom stereocenters. The minimum atomic E-state index is 0.737. The summed E-state index contributed by atoms with van der Waals surface area (Å²) in [4.78, 5) is 10.1. The molecule has 3 N–H and O–H groups in total. The van der Waals surface area contributed by atoms with Gasteiger partial charge in [0, 0.05) is 23.5 Å². The van der Waals surface area contributed by atoms with E-state index < -0.39 is 0 Å². The van der Waals surface area contributed by atoms with Crippen molar-refractivity contribution in [1.29, 1.82) is 0 Å². The van der Waals surface area contributed by atoms with Gasteiger partial charge in [0.2, 0.25) is 0 Å². The van der Waals surface area contributed by atoms with Crippen molar-refractivity contribution in [2.45, 2.75) is 47.1 Å². The third-order valence-corrected chi connectivity index (χ3v) is 5.58. The Morgan fingerprint density at radius 2 is 1.06 bits per heavy atom. The molecule has 0 saturated heterocycles. The number of hydrogen-bond donors (Lipinski definition) is 2. The molecule has 0 spiro atoms. The van der Waals surface area contributed by atoms with Crippen molar-refractivity contribution in [3.63, 3.8) is 0 Å². The number of carbonyl (C=O) groups excluding carboxylic acids is 1. The Kier molecular flexibility index (Phi) is 11.8. The highest BCUT2D eigenvalue weighted by Gasteiger charge is 1.95. The molecular formula is C32H38N2O. The van der Waals surface area contributed by atoms with E-state index in [0.717, 1.165) is 36.9 Å². The van der Waals surface area contributed by atoms with Crippen molar-refractivity contribution in [2.24, 2.45) is 0 Å². The summed E-state index contributed by atoms with van der Waals surface area (Å²) in [5.74, 6) is 0. The molecule has 35 heavy (non-hydrogen) atoms. The summed E-state index contributed by atoms with van der Waals surface area (Å²) in [6.45, 7) is 9.29. The molecule has 3 heteroatoms. The quantitative estimate of drug-likeness (QED) is 0.225. The second-order valence-electron chi connectivity index (χ2n) is 8.51. The van der Waals surface area contributed by atoms with Crippen LogP contribution in [-0.2, 0) is 19.4 Å². The van der Waals surface area contributed by atoms with Crippen LogP contribution in [0.1, 0.15) is 52.0 Å². The summed E-state index contributed by atoms with van der Waals surface area (Å²) < 4.78 is 0. The normalized spacial score (nSPS) is 9.71. The van der Waals surface area contributed by atoms with Crippen molar-refractivity contribution in [3.8, 4) is 0 Å². The SMILES string of the molecule is CCc1ccc(N)cc1.CCc1ccc(NCc2ccc(C)cc2)cc1.Cc1ccc(C=O)cc1. The van der Waals surface area contributed by atoms with Gasteiger partial charge in [0.05, 0.1) is 0 Å². The Hall–Kier alpha value is -3.85. The van der Waals surface area contributed by atoms with Gasteiger partial charge < -0.3 is 11.1 Å². The first-order chi connectivity index (χ1) is 16.9. The molecule has 0 heterocycles. The highest BCUT2D eigenvalue weighted by Crippen LogP contribution is 2.12. The number of aldehydes is 1. The summed E-state index contributed by atoms with van der Waals surface area (Å²) >= 11 is 0. The fraction of sp³-hybridized carbons (Fsp3) is 0.219. The minimum Gasteiger partial charge on any atom is -0.399 e. The summed E-state index contributed by atoms with van der Waals surface area (Å²) in [6, 6.07) is 32.7. The lowest BCUT2D eigenvalue weighted by Crippen LogP contribution is -1.99. The monoisotopic (exact) mass is 466 g/mol. The van der Waals surface area contributed by atoms with Gasteiger partial charge in [-0.1, -0.05) is 97.8 Å². The molecule has 0 aliphatic rings. The number of nitrogens with two attached hydrogens (primary N) is 1. The van der Waals surface area contributed by atoms with Gasteiger partial charge in [-0.25, -0.2) is 0 Å². The minimum absolute atomic E-state index is 0.737. The van der Waals surface area contributed by atoms with E-state index in [1.807, 2.05) is 43.3 Å². The lowest BCUT2D eigenvalue weighted by molar-refractivity contribution is 0.112. The van der Waals surface area contributed by atoms with Gasteiger partial charge in [-0.15, -0.1) is 0 Å². The number of benzene rings is 4. The lowest BCUT2D eigenvalue weighted by Gasteiger charge is -2.07. The summed E-state index contributed by atoms with van der Waals surface area (Å²) in [6.07, 6.45) is 3.03. The predicted octanol–water partition coefficient (Wildman–Crippen LogP) is 7.81. The van der Waals surface area contributed by atoms with Gasteiger partial charge in [-0.2, -0.15) is 0 Å². The molecule has 3 nitrogen and oxygen atoms in total. The van der Waals surface area contributed by atoms with Gasteiger partial charge in [0.15, 0.2) is 0 Å². The molecule has 0 fully saturated rings. The maximum Gasteiger partial charge on any atom is 0.150 e. The molecule has 4 rings (SSSR count). The molecule has 0 aliphatic carbocycles. The van der Waals surface area contributed by atoms with Gasteiger partial charge >= 0.3 is 0 Å². The highest BCUT2D eigenvalue weighted by atomic mass is 16.1. The van der Waals surface area contributed by atoms with E-state index in [9.17, 15) is 4.79 Å². The summed E-state index contributed by atoms with van der Waals surface area (Å²) in [5.41, 5.74) is 14.8. The van der Waals surface area contributed by atoms with Gasteiger partial charge in [0.1, 0.15) is 6.29 Å². The van der Waals surface area contributed by atoms with E-state index in [-0.39, 0.29) is 0 Å². The molecular weight excluding hydrogens is 428 g/mol. The molecule has 0 atom stereocenters. The van der Waals surface area contributed by atoms with Crippen LogP contribution in [0.5, 0.6) is 0 Å². The zero-order chi connectivity index (χ0) is 25.5. The highest BCUT2D eigenvalue weighted by molar-refractivity contribution is 5.74. The molecule has 4 aromatic rings. The molecule has 0 saturated carbocycles. The van der Waals surface area contributed by atoms with E-state index >= 15 is 0 Å². The average molecular weight is 467 g/mol. The van der Waals surface area contributed by atoms with Crippen LogP contribution in [0, 0.1) is 13.8 Å². The summed E-state index contributed by atoms with van der Waals surface area (Å²) in [7, 11) is 0. The Labute approximate surface area is 211 Å². The number of nitrogen functional groups attached to an aromatic ring is 1. The molecule has 0 aliphatic heterocycles. The molecule has 182 valence electrons. The Bertz CT molecular complexity index is 1110. The lowest BCUT2D eigenvalue weighted by atomic mass is 10.1. The summed E-state index contributed by atoms with van der Waals surface area (Å²) in [5, 5.41) is 3.43. The van der Waals surface area contributed by atoms with Crippen LogP contribution in [0.2, 0.25) is 0 Å². The van der Waals surface area contributed by atoms with Crippen molar-refractivity contribution >= 4 is 17.7 Å². The van der Waals surface area contributed by atoms with Crippen LogP contribution < -0.4 is 11.1 Å². The van der Waals surface area contributed by atoms with Gasteiger partial charge in [-0.3, -0.25) is 4.79 Å². The van der Waals surface area contributed by atoms with Gasteiger partial charge in [0.25, 0.3) is 0 Å². The van der Waals surface area contributed by atoms with Crippen molar-refractivity contribution in [3.05, 3.63) is 130 Å². The van der Waals surface area contributed by atoms with E-state index in [0.29, 0.717) is 0 Å². The van der Waals surface area contributed by atoms with Crippen LogP contribution >= 0.6 is 0 Å². The Morgan fingerprint density at radius 1 is 0.629 bits per heavy atom. The first kappa shape index (κ1) is 27.4. The van der Waals surface area contributed by atoms with Crippen LogP contribution in [0.25, 0.3) is 0 Å². The number of hydrogen-bond acceptors (Lipinski definition) is 3. The standard InChI is InChI=1S/C16H19N.C8H11N.C8H8O/c1-3-14-8-10-16(11-9-14)17-12-15-6-4-13(2)5-7-15;1-2-7-3-5-8(9)6-4-7;1-7-2-4-8(6-9)5-3-7/h4-11,17H,3,12H2,1-2H3;3-6H,2,9H2,1H3;2-6H,1H3. The van der Waals surface area contributed by atoms with Crippen molar-refractivity contribution in [2.75, 3.05) is 11.1 Å². The Morgan fingerprint density at radius 3 is 1.51 bits per heavy atom. The topological polar surface area (TPSA) is 55.1 Å². The fourth-order valence-electron chi connectivity index (χ4n) is 3.17. The number of nitrogens with one attached hydrogen (secondary N) is 1. The third kappa shape index (κ3) is 10.7. The maximum absolute atomic E-state index is 10.1. The molecule has 4 aromatic carbocycles. The van der Waals surface area contributed by atoms with Gasteiger partial charge in [-0.05, 0) is 67.6 Å². The number of anilines is 2. The van der Waals surface area contributed by atoms with E-state index in [1.165, 1.54) is 33.5 Å². The van der Waals surface area contributed by atoms with E-state index in [1.54, 1.807) is 0 Å². The maximum atomic E-state index is 10.1. The van der Waals surface area contributed by atoms with Crippen molar-refractivity contribution in [1.82, 2.24) is 0 Å². The number of rotatable bonds is 6. The van der Waals surface area contributed by atoms with Crippen LogP contribution in [0.15, 0.2) is 97.1 Å². The number of carbonyl (C=O) groups is 1. The van der Waals surface area contributed by atoms with E-state index in [4.69, 9.17) is 5.73 Å². The first-order valence-electron chi connectivity index (χ1n) is 12.2. The third-order valence-electron chi connectivity index (χ3n) is 5.58. The van der Waals surface area contributed by atoms with Crippen LogP contribution in [-0.4, -0.2) is 6.29 Å². The molecule has 0 amide bonds. The largest absolute Gasteiger partial charge is 0.399 e. The first-order valence-corrected chi connectivity index (χ1v) is 12.2. The second-order valence-corrected chi connectivity index (χ2v) is 8.51. The second kappa shape index (κ2) is 15.1. The van der Waals surface area contributed by atoms with E-state index in [2.05, 4.69) is 86.8 Å². The molecule has 0 aromatic heterocycles. The zero-order valence-corrected chi connectivity index (χ0v) is 21.4.